The summed E-state index contributed by atoms with van der Waals surface area (Å²) in [6, 6.07) is 30.5. The number of para-hydroxylation sites is 2. The lowest BCUT2D eigenvalue weighted by atomic mass is 10.1. The van der Waals surface area contributed by atoms with Crippen molar-refractivity contribution >= 4 is 21.8 Å². The normalized spacial score (nSPS) is 10.9. The summed E-state index contributed by atoms with van der Waals surface area (Å²) in [4.78, 5) is 0. The van der Waals surface area contributed by atoms with Crippen molar-refractivity contribution in [3.63, 3.8) is 0 Å². The summed E-state index contributed by atoms with van der Waals surface area (Å²) < 4.78 is 4.70. The second-order valence-electron chi connectivity index (χ2n) is 7.49. The minimum absolute atomic E-state index is 0. The molecule has 144 valence electrons. The highest BCUT2D eigenvalue weighted by Gasteiger charge is 2.12. The summed E-state index contributed by atoms with van der Waals surface area (Å²) >= 11 is 0. The largest absolute Gasteiger partial charge is 1.00 e. The van der Waals surface area contributed by atoms with E-state index in [1.807, 2.05) is 0 Å². The molecule has 29 heavy (non-hydrogen) atoms. The monoisotopic (exact) mass is 398 g/mol. The van der Waals surface area contributed by atoms with Crippen LogP contribution in [0.4, 0.5) is 0 Å². The smallest absolute Gasteiger partial charge is 0.174 e. The minimum Gasteiger partial charge on any atom is -1.00 e. The fourth-order valence-electron chi connectivity index (χ4n) is 4.15. The van der Waals surface area contributed by atoms with Crippen LogP contribution in [-0.4, -0.2) is 4.57 Å². The molecule has 0 bridgehead atoms. The molecule has 0 aliphatic heterocycles. The van der Waals surface area contributed by atoms with Crippen LogP contribution in [0.15, 0.2) is 97.3 Å². The standard InChI is InChI=1S/C26H23N2.ClH/c1-20-8-6-9-21(16-20)17-27-15-7-10-22(18-27)19-28-25-13-4-2-11-23(25)24-12-3-5-14-26(24)28;/h2-16,18H,17,19H2,1H3;1H/q+1;/p-1. The second kappa shape index (κ2) is 8.10. The molecule has 5 rings (SSSR count). The van der Waals surface area contributed by atoms with E-state index in [0.29, 0.717) is 0 Å². The van der Waals surface area contributed by atoms with E-state index in [0.717, 1.165) is 13.1 Å². The molecular formula is C26H23ClN2. The fraction of sp³-hybridized carbons (Fsp3) is 0.115. The molecule has 0 fully saturated rings. The number of fused-ring (bicyclic) bond motifs is 3. The predicted octanol–water partition coefficient (Wildman–Crippen LogP) is 2.49. The summed E-state index contributed by atoms with van der Waals surface area (Å²) in [5.41, 5.74) is 6.52. The van der Waals surface area contributed by atoms with Crippen molar-refractivity contribution in [1.82, 2.24) is 4.57 Å². The molecule has 3 heteroatoms. The van der Waals surface area contributed by atoms with Gasteiger partial charge in [-0.2, -0.15) is 0 Å². The van der Waals surface area contributed by atoms with Crippen LogP contribution in [0.25, 0.3) is 21.8 Å². The van der Waals surface area contributed by atoms with Crippen LogP contribution in [0.1, 0.15) is 16.7 Å². The van der Waals surface area contributed by atoms with E-state index in [1.54, 1.807) is 0 Å². The first-order valence-electron chi connectivity index (χ1n) is 9.77. The molecule has 0 radical (unpaired) electrons. The number of nitrogens with zero attached hydrogens (tertiary/aromatic N) is 2. The van der Waals surface area contributed by atoms with Gasteiger partial charge in [0.15, 0.2) is 18.9 Å². The first kappa shape index (κ1) is 19.2. The van der Waals surface area contributed by atoms with E-state index in [4.69, 9.17) is 0 Å². The highest BCUT2D eigenvalue weighted by molar-refractivity contribution is 6.08. The Hall–Kier alpha value is -3.10. The molecule has 0 saturated carbocycles. The van der Waals surface area contributed by atoms with Gasteiger partial charge >= 0.3 is 0 Å². The quantitative estimate of drug-likeness (QED) is 0.411. The van der Waals surface area contributed by atoms with Crippen molar-refractivity contribution in [2.24, 2.45) is 0 Å². The molecule has 2 aromatic heterocycles. The molecule has 0 spiro atoms. The fourth-order valence-corrected chi connectivity index (χ4v) is 4.15. The van der Waals surface area contributed by atoms with Gasteiger partial charge in [-0.15, -0.1) is 0 Å². The Morgan fingerprint density at radius 1 is 0.724 bits per heavy atom. The highest BCUT2D eigenvalue weighted by Crippen LogP contribution is 2.29. The first-order valence-corrected chi connectivity index (χ1v) is 9.77. The van der Waals surface area contributed by atoms with Gasteiger partial charge in [0.1, 0.15) is 0 Å². The Morgan fingerprint density at radius 2 is 1.38 bits per heavy atom. The topological polar surface area (TPSA) is 8.81 Å². The number of halogens is 1. The Kier molecular flexibility index (Phi) is 5.37. The van der Waals surface area contributed by atoms with E-state index < -0.39 is 0 Å². The van der Waals surface area contributed by atoms with Gasteiger partial charge in [-0.05, 0) is 31.2 Å². The zero-order chi connectivity index (χ0) is 18.9. The van der Waals surface area contributed by atoms with E-state index in [-0.39, 0.29) is 12.4 Å². The molecule has 2 nitrogen and oxygen atoms in total. The van der Waals surface area contributed by atoms with Gasteiger partial charge in [0.25, 0.3) is 0 Å². The maximum absolute atomic E-state index is 2.43. The number of hydrogen-bond acceptors (Lipinski definition) is 0. The Bertz CT molecular complexity index is 1230. The average molecular weight is 399 g/mol. The van der Waals surface area contributed by atoms with Crippen LogP contribution < -0.4 is 17.0 Å². The number of rotatable bonds is 4. The van der Waals surface area contributed by atoms with Crippen molar-refractivity contribution in [2.75, 3.05) is 0 Å². The third-order valence-corrected chi connectivity index (χ3v) is 5.39. The third-order valence-electron chi connectivity index (χ3n) is 5.39. The summed E-state index contributed by atoms with van der Waals surface area (Å²) in [6.07, 6.45) is 4.42. The lowest BCUT2D eigenvalue weighted by molar-refractivity contribution is -0.688. The Balaban J connectivity index is 0.00000205. The highest BCUT2D eigenvalue weighted by atomic mass is 35.5. The van der Waals surface area contributed by atoms with Crippen LogP contribution in [0.3, 0.4) is 0 Å². The van der Waals surface area contributed by atoms with Crippen molar-refractivity contribution in [2.45, 2.75) is 20.0 Å². The lowest BCUT2D eigenvalue weighted by Crippen LogP contribution is -3.00. The summed E-state index contributed by atoms with van der Waals surface area (Å²) in [5.74, 6) is 0. The Labute approximate surface area is 177 Å². The maximum Gasteiger partial charge on any atom is 0.174 e. The Morgan fingerprint density at radius 3 is 2.07 bits per heavy atom. The van der Waals surface area contributed by atoms with E-state index in [9.17, 15) is 0 Å². The molecule has 0 N–H and O–H groups in total. The van der Waals surface area contributed by atoms with Crippen molar-refractivity contribution in [3.8, 4) is 0 Å². The maximum atomic E-state index is 2.43. The van der Waals surface area contributed by atoms with Gasteiger partial charge in [-0.3, -0.25) is 0 Å². The van der Waals surface area contributed by atoms with E-state index in [2.05, 4.69) is 113 Å². The van der Waals surface area contributed by atoms with Gasteiger partial charge in [-0.1, -0.05) is 60.2 Å². The summed E-state index contributed by atoms with van der Waals surface area (Å²) in [6.45, 7) is 3.90. The summed E-state index contributed by atoms with van der Waals surface area (Å²) in [7, 11) is 0. The zero-order valence-corrected chi connectivity index (χ0v) is 17.2. The van der Waals surface area contributed by atoms with Gasteiger partial charge in [0, 0.05) is 39.0 Å². The molecule has 5 aromatic rings. The second-order valence-corrected chi connectivity index (χ2v) is 7.49. The zero-order valence-electron chi connectivity index (χ0n) is 16.4. The van der Waals surface area contributed by atoms with Crippen LogP contribution in [0.2, 0.25) is 0 Å². The number of hydrogen-bond donors (Lipinski definition) is 0. The minimum atomic E-state index is 0. The summed E-state index contributed by atoms with van der Waals surface area (Å²) in [5, 5.41) is 2.64. The lowest BCUT2D eigenvalue weighted by Gasteiger charge is -2.07. The van der Waals surface area contributed by atoms with Gasteiger partial charge in [0.05, 0.1) is 6.54 Å². The molecule has 0 amide bonds. The SMILES string of the molecule is Cc1cccc(C[n+]2cccc(Cn3c4ccccc4c4ccccc43)c2)c1.[Cl-]. The van der Waals surface area contributed by atoms with Crippen LogP contribution in [0, 0.1) is 6.92 Å². The van der Waals surface area contributed by atoms with Crippen LogP contribution >= 0.6 is 0 Å². The number of aryl methyl sites for hydroxylation is 1. The molecule has 0 saturated heterocycles. The van der Waals surface area contributed by atoms with Gasteiger partial charge < -0.3 is 17.0 Å². The van der Waals surface area contributed by atoms with Gasteiger partial charge in [0.2, 0.25) is 0 Å². The van der Waals surface area contributed by atoms with E-state index in [1.165, 1.54) is 38.5 Å². The number of pyridine rings is 1. The molecular weight excluding hydrogens is 376 g/mol. The van der Waals surface area contributed by atoms with Crippen molar-refractivity contribution in [1.29, 1.82) is 0 Å². The predicted molar refractivity (Wildman–Crippen MR) is 115 cm³/mol. The number of benzene rings is 3. The molecule has 0 aliphatic carbocycles. The molecule has 3 aromatic carbocycles. The number of aromatic nitrogens is 2. The van der Waals surface area contributed by atoms with Crippen molar-refractivity contribution in [3.05, 3.63) is 114 Å². The molecule has 2 heterocycles. The molecule has 0 aliphatic rings. The molecule has 0 unspecified atom stereocenters. The first-order chi connectivity index (χ1) is 13.8. The third kappa shape index (κ3) is 3.76. The van der Waals surface area contributed by atoms with Gasteiger partial charge in [-0.25, -0.2) is 4.57 Å². The van der Waals surface area contributed by atoms with Crippen LogP contribution in [-0.2, 0) is 13.1 Å². The van der Waals surface area contributed by atoms with Crippen LogP contribution in [0.5, 0.6) is 0 Å². The van der Waals surface area contributed by atoms with Crippen molar-refractivity contribution < 1.29 is 17.0 Å². The van der Waals surface area contributed by atoms with E-state index >= 15 is 0 Å². The molecule has 0 atom stereocenters. The average Bonchev–Trinajstić information content (AvgIpc) is 3.03.